The second-order valence-corrected chi connectivity index (χ2v) is 6.32. The second kappa shape index (κ2) is 6.83. The van der Waals surface area contributed by atoms with Crippen molar-refractivity contribution in [1.82, 2.24) is 9.88 Å². The fourth-order valence-corrected chi connectivity index (χ4v) is 3.47. The Labute approximate surface area is 135 Å². The van der Waals surface area contributed by atoms with E-state index in [1.807, 2.05) is 16.7 Å². The lowest BCUT2D eigenvalue weighted by Crippen LogP contribution is -2.32. The molecule has 1 unspecified atom stereocenters. The quantitative estimate of drug-likeness (QED) is 0.705. The second-order valence-electron chi connectivity index (χ2n) is 6.32. The Kier molecular flexibility index (Phi) is 4.80. The number of aromatic nitrogens is 1. The number of carbonyl (C=O) groups excluding carboxylic acids is 1. The predicted octanol–water partition coefficient (Wildman–Crippen LogP) is 1.41. The minimum Gasteiger partial charge on any atom is -0.395 e. The number of nitrogens with one attached hydrogen (secondary N) is 1. The van der Waals surface area contributed by atoms with Crippen LogP contribution in [0.4, 0.5) is 0 Å². The number of hydrogen-bond donors (Lipinski definition) is 3. The summed E-state index contributed by atoms with van der Waals surface area (Å²) in [7, 11) is 0. The van der Waals surface area contributed by atoms with Gasteiger partial charge in [-0.05, 0) is 37.5 Å². The molecule has 5 heteroatoms. The number of aliphatic hydroxyl groups is 2. The molecule has 23 heavy (non-hydrogen) atoms. The van der Waals surface area contributed by atoms with E-state index in [0.29, 0.717) is 26.1 Å². The van der Waals surface area contributed by atoms with Crippen LogP contribution in [0, 0.1) is 6.92 Å². The molecule has 0 fully saturated rings. The SMILES string of the molecule is Cc1ccc2c(c1)c1c(n2CC(O)CNCCO)C(=O)CCC1. The largest absolute Gasteiger partial charge is 0.395 e. The Morgan fingerprint density at radius 2 is 2.17 bits per heavy atom. The number of benzene rings is 1. The Bertz CT molecular complexity index is 721. The molecule has 0 saturated carbocycles. The van der Waals surface area contributed by atoms with Crippen molar-refractivity contribution in [2.45, 2.75) is 38.8 Å². The minimum absolute atomic E-state index is 0.0479. The Balaban J connectivity index is 1.98. The van der Waals surface area contributed by atoms with Crippen LogP contribution in [-0.4, -0.2) is 46.4 Å². The molecule has 124 valence electrons. The lowest BCUT2D eigenvalue weighted by atomic mass is 9.94. The molecule has 1 aliphatic rings. The average Bonchev–Trinajstić information content (AvgIpc) is 2.82. The molecule has 1 aromatic heterocycles. The molecule has 0 bridgehead atoms. The molecule has 0 spiro atoms. The van der Waals surface area contributed by atoms with Gasteiger partial charge in [-0.15, -0.1) is 0 Å². The summed E-state index contributed by atoms with van der Waals surface area (Å²) in [6, 6.07) is 6.23. The fourth-order valence-electron chi connectivity index (χ4n) is 3.47. The van der Waals surface area contributed by atoms with E-state index < -0.39 is 6.10 Å². The van der Waals surface area contributed by atoms with Crippen molar-refractivity contribution in [3.8, 4) is 0 Å². The van der Waals surface area contributed by atoms with Crippen LogP contribution in [-0.2, 0) is 13.0 Å². The molecular formula is C18H24N2O3. The van der Waals surface area contributed by atoms with Crippen LogP contribution in [0.1, 0.15) is 34.5 Å². The van der Waals surface area contributed by atoms with Gasteiger partial charge in [0.2, 0.25) is 0 Å². The summed E-state index contributed by atoms with van der Waals surface area (Å²) in [5.41, 5.74) is 4.12. The highest BCUT2D eigenvalue weighted by Crippen LogP contribution is 2.33. The van der Waals surface area contributed by atoms with Crippen molar-refractivity contribution in [3.05, 3.63) is 35.0 Å². The van der Waals surface area contributed by atoms with E-state index in [0.717, 1.165) is 35.0 Å². The van der Waals surface area contributed by atoms with Crippen LogP contribution in [0.5, 0.6) is 0 Å². The molecule has 1 atom stereocenters. The number of ketones is 1. The van der Waals surface area contributed by atoms with E-state index in [9.17, 15) is 9.90 Å². The van der Waals surface area contributed by atoms with Gasteiger partial charge < -0.3 is 20.1 Å². The number of aliphatic hydroxyl groups excluding tert-OH is 2. The predicted molar refractivity (Wildman–Crippen MR) is 89.9 cm³/mol. The van der Waals surface area contributed by atoms with Gasteiger partial charge in [0.05, 0.1) is 24.9 Å². The van der Waals surface area contributed by atoms with Crippen molar-refractivity contribution >= 4 is 16.7 Å². The third-order valence-corrected chi connectivity index (χ3v) is 4.48. The zero-order valence-electron chi connectivity index (χ0n) is 13.5. The van der Waals surface area contributed by atoms with Gasteiger partial charge in [0.1, 0.15) is 0 Å². The molecule has 1 aliphatic carbocycles. The van der Waals surface area contributed by atoms with Crippen LogP contribution in [0.25, 0.3) is 10.9 Å². The number of rotatable bonds is 6. The Morgan fingerprint density at radius 1 is 1.35 bits per heavy atom. The number of Topliss-reactive ketones (excluding diaryl/α,β-unsaturated/α-hetero) is 1. The first-order valence-electron chi connectivity index (χ1n) is 8.26. The molecule has 2 aromatic rings. The van der Waals surface area contributed by atoms with Crippen molar-refractivity contribution in [2.24, 2.45) is 0 Å². The zero-order chi connectivity index (χ0) is 16.4. The van der Waals surface area contributed by atoms with Gasteiger partial charge in [0.15, 0.2) is 5.78 Å². The highest BCUT2D eigenvalue weighted by atomic mass is 16.3. The Hall–Kier alpha value is -1.69. The van der Waals surface area contributed by atoms with Crippen LogP contribution in [0.15, 0.2) is 18.2 Å². The molecule has 3 rings (SSSR count). The van der Waals surface area contributed by atoms with Gasteiger partial charge in [0.25, 0.3) is 0 Å². The van der Waals surface area contributed by atoms with E-state index >= 15 is 0 Å². The zero-order valence-corrected chi connectivity index (χ0v) is 13.5. The first-order valence-corrected chi connectivity index (χ1v) is 8.26. The number of fused-ring (bicyclic) bond motifs is 3. The van der Waals surface area contributed by atoms with Gasteiger partial charge in [0, 0.05) is 30.4 Å². The van der Waals surface area contributed by atoms with E-state index in [1.165, 1.54) is 5.56 Å². The summed E-state index contributed by atoms with van der Waals surface area (Å²) in [5, 5.41) is 23.2. The molecule has 0 radical (unpaired) electrons. The van der Waals surface area contributed by atoms with E-state index in [1.54, 1.807) is 0 Å². The standard InChI is InChI=1S/C18H24N2O3/c1-12-5-6-16-15(9-12)14-3-2-4-17(23)18(14)20(16)11-13(22)10-19-7-8-21/h5-6,9,13,19,21-22H,2-4,7-8,10-11H2,1H3. The summed E-state index contributed by atoms with van der Waals surface area (Å²) in [6.07, 6.45) is 1.81. The summed E-state index contributed by atoms with van der Waals surface area (Å²) in [6.45, 7) is 3.35. The summed E-state index contributed by atoms with van der Waals surface area (Å²) in [5.74, 6) is 0.177. The van der Waals surface area contributed by atoms with Crippen LogP contribution in [0.2, 0.25) is 0 Å². The molecule has 0 saturated heterocycles. The monoisotopic (exact) mass is 316 g/mol. The number of carbonyl (C=O) groups is 1. The molecule has 0 amide bonds. The van der Waals surface area contributed by atoms with Crippen LogP contribution < -0.4 is 5.32 Å². The van der Waals surface area contributed by atoms with Crippen molar-refractivity contribution < 1.29 is 15.0 Å². The summed E-state index contributed by atoms with van der Waals surface area (Å²) in [4.78, 5) is 12.5. The first-order chi connectivity index (χ1) is 11.1. The lowest BCUT2D eigenvalue weighted by molar-refractivity contribution is 0.0956. The van der Waals surface area contributed by atoms with E-state index in [4.69, 9.17) is 5.11 Å². The van der Waals surface area contributed by atoms with E-state index in [2.05, 4.69) is 18.3 Å². The van der Waals surface area contributed by atoms with Gasteiger partial charge in [-0.25, -0.2) is 0 Å². The topological polar surface area (TPSA) is 74.5 Å². The van der Waals surface area contributed by atoms with Gasteiger partial charge >= 0.3 is 0 Å². The third-order valence-electron chi connectivity index (χ3n) is 4.48. The molecule has 1 aromatic carbocycles. The number of nitrogens with zero attached hydrogens (tertiary/aromatic N) is 1. The molecule has 3 N–H and O–H groups in total. The van der Waals surface area contributed by atoms with Crippen molar-refractivity contribution in [1.29, 1.82) is 0 Å². The highest BCUT2D eigenvalue weighted by Gasteiger charge is 2.26. The minimum atomic E-state index is -0.600. The fraction of sp³-hybridized carbons (Fsp3) is 0.500. The van der Waals surface area contributed by atoms with Gasteiger partial charge in [-0.3, -0.25) is 4.79 Å². The van der Waals surface area contributed by atoms with Crippen LogP contribution >= 0.6 is 0 Å². The molecule has 5 nitrogen and oxygen atoms in total. The third kappa shape index (κ3) is 3.17. The van der Waals surface area contributed by atoms with Gasteiger partial charge in [-0.2, -0.15) is 0 Å². The maximum absolute atomic E-state index is 12.5. The maximum Gasteiger partial charge on any atom is 0.179 e. The smallest absolute Gasteiger partial charge is 0.179 e. The normalized spacial score (nSPS) is 15.9. The number of hydrogen-bond acceptors (Lipinski definition) is 4. The Morgan fingerprint density at radius 3 is 2.96 bits per heavy atom. The molecule has 1 heterocycles. The molecular weight excluding hydrogens is 292 g/mol. The van der Waals surface area contributed by atoms with Gasteiger partial charge in [-0.1, -0.05) is 11.6 Å². The van der Waals surface area contributed by atoms with Crippen molar-refractivity contribution in [2.75, 3.05) is 19.7 Å². The first kappa shape index (κ1) is 16.2. The molecule has 0 aliphatic heterocycles. The number of aryl methyl sites for hydroxylation is 2. The average molecular weight is 316 g/mol. The highest BCUT2D eigenvalue weighted by molar-refractivity contribution is 6.04. The van der Waals surface area contributed by atoms with Crippen molar-refractivity contribution in [3.63, 3.8) is 0 Å². The van der Waals surface area contributed by atoms with Crippen LogP contribution in [0.3, 0.4) is 0 Å². The van der Waals surface area contributed by atoms with E-state index in [-0.39, 0.29) is 12.4 Å². The maximum atomic E-state index is 12.5. The lowest BCUT2D eigenvalue weighted by Gasteiger charge is -2.18. The summed E-state index contributed by atoms with van der Waals surface area (Å²) < 4.78 is 1.98. The summed E-state index contributed by atoms with van der Waals surface area (Å²) >= 11 is 0.